The molecule has 2 aliphatic rings. The molecule has 128 valence electrons. The number of ether oxygens (including phenoxy) is 3. The zero-order valence-corrected chi connectivity index (χ0v) is 14.2. The third kappa shape index (κ3) is 5.09. The van der Waals surface area contributed by atoms with Gasteiger partial charge in [0.05, 0.1) is 26.4 Å². The Bertz CT molecular complexity index is 505. The van der Waals surface area contributed by atoms with E-state index in [1.807, 2.05) is 6.07 Å². The molecule has 0 amide bonds. The van der Waals surface area contributed by atoms with Gasteiger partial charge < -0.3 is 24.4 Å². The molecule has 1 aromatic rings. The highest BCUT2D eigenvalue weighted by atomic mass is 16.5. The number of nitrogens with zero attached hydrogens (tertiary/aromatic N) is 1. The van der Waals surface area contributed by atoms with Crippen LogP contribution < -0.4 is 14.8 Å². The Balaban J connectivity index is 1.49. The minimum atomic E-state index is 0.276. The first-order valence-corrected chi connectivity index (χ1v) is 8.55. The summed E-state index contributed by atoms with van der Waals surface area (Å²) in [6, 6.07) is 6.16. The van der Waals surface area contributed by atoms with Gasteiger partial charge >= 0.3 is 0 Å². The molecular formula is C18H28N2O3. The number of morpholine rings is 1. The molecule has 5 heteroatoms. The van der Waals surface area contributed by atoms with Crippen molar-refractivity contribution in [1.29, 1.82) is 0 Å². The molecule has 1 saturated carbocycles. The Kier molecular flexibility index (Phi) is 5.75. The highest BCUT2D eigenvalue weighted by Gasteiger charge is 2.22. The summed E-state index contributed by atoms with van der Waals surface area (Å²) in [6.07, 6.45) is 2.86. The molecule has 1 saturated heterocycles. The van der Waals surface area contributed by atoms with Crippen molar-refractivity contribution in [3.8, 4) is 11.5 Å². The zero-order valence-electron chi connectivity index (χ0n) is 14.2. The van der Waals surface area contributed by atoms with E-state index in [0.29, 0.717) is 0 Å². The Hall–Kier alpha value is -1.30. The smallest absolute Gasteiger partial charge is 0.161 e. The molecule has 0 aromatic heterocycles. The van der Waals surface area contributed by atoms with Crippen molar-refractivity contribution in [3.05, 3.63) is 23.8 Å². The van der Waals surface area contributed by atoms with Crippen molar-refractivity contribution in [2.75, 3.05) is 47.0 Å². The minimum absolute atomic E-state index is 0.276. The second kappa shape index (κ2) is 7.99. The van der Waals surface area contributed by atoms with Crippen molar-refractivity contribution in [2.24, 2.45) is 5.92 Å². The third-order valence-corrected chi connectivity index (χ3v) is 4.44. The van der Waals surface area contributed by atoms with E-state index < -0.39 is 0 Å². The summed E-state index contributed by atoms with van der Waals surface area (Å²) in [7, 11) is 3.83. The Morgan fingerprint density at radius 3 is 2.91 bits per heavy atom. The third-order valence-electron chi connectivity index (χ3n) is 4.44. The molecule has 1 N–H and O–H groups in total. The quantitative estimate of drug-likeness (QED) is 0.792. The maximum absolute atomic E-state index is 5.92. The molecule has 3 rings (SSSR count). The molecule has 1 atom stereocenters. The number of hydrogen-bond acceptors (Lipinski definition) is 5. The van der Waals surface area contributed by atoms with E-state index in [2.05, 4.69) is 29.4 Å². The van der Waals surface area contributed by atoms with Crippen LogP contribution in [-0.2, 0) is 11.3 Å². The summed E-state index contributed by atoms with van der Waals surface area (Å²) in [5, 5.41) is 3.49. The van der Waals surface area contributed by atoms with Crippen LogP contribution >= 0.6 is 0 Å². The molecule has 1 aliphatic heterocycles. The first kappa shape index (κ1) is 16.6. The van der Waals surface area contributed by atoms with Crippen LogP contribution in [0.15, 0.2) is 18.2 Å². The number of hydrogen-bond donors (Lipinski definition) is 1. The van der Waals surface area contributed by atoms with Gasteiger partial charge in [-0.3, -0.25) is 0 Å². The zero-order chi connectivity index (χ0) is 16.1. The van der Waals surface area contributed by atoms with E-state index >= 15 is 0 Å². The van der Waals surface area contributed by atoms with Crippen LogP contribution in [0.3, 0.4) is 0 Å². The highest BCUT2D eigenvalue weighted by molar-refractivity contribution is 5.43. The van der Waals surface area contributed by atoms with Crippen molar-refractivity contribution in [1.82, 2.24) is 10.2 Å². The van der Waals surface area contributed by atoms with Crippen LogP contribution in [0.5, 0.6) is 11.5 Å². The van der Waals surface area contributed by atoms with E-state index in [4.69, 9.17) is 14.2 Å². The van der Waals surface area contributed by atoms with Crippen LogP contribution in [0.4, 0.5) is 0 Å². The standard InChI is InChI=1S/C18H28N2O3/c1-20-7-8-22-16(12-20)11-19-10-15-5-6-17(21-2)18(9-15)23-13-14-3-4-14/h5-6,9,14,16,19H,3-4,7-8,10-13H2,1-2H3/t16-/m0/s1. The maximum Gasteiger partial charge on any atom is 0.161 e. The van der Waals surface area contributed by atoms with Gasteiger partial charge in [0.2, 0.25) is 0 Å². The van der Waals surface area contributed by atoms with Crippen LogP contribution in [0, 0.1) is 5.92 Å². The molecule has 23 heavy (non-hydrogen) atoms. The highest BCUT2D eigenvalue weighted by Crippen LogP contribution is 2.33. The first-order chi connectivity index (χ1) is 11.2. The van der Waals surface area contributed by atoms with Gasteiger partial charge in [-0.15, -0.1) is 0 Å². The molecule has 0 bridgehead atoms. The molecule has 1 aliphatic carbocycles. The van der Waals surface area contributed by atoms with Crippen molar-refractivity contribution in [3.63, 3.8) is 0 Å². The number of benzene rings is 1. The topological polar surface area (TPSA) is 43.0 Å². The SMILES string of the molecule is COc1ccc(CNC[C@H]2CN(C)CCO2)cc1OCC1CC1. The molecule has 0 radical (unpaired) electrons. The van der Waals surface area contributed by atoms with Crippen molar-refractivity contribution in [2.45, 2.75) is 25.5 Å². The van der Waals surface area contributed by atoms with Gasteiger partial charge in [0, 0.05) is 26.2 Å². The van der Waals surface area contributed by atoms with Crippen LogP contribution in [0.1, 0.15) is 18.4 Å². The van der Waals surface area contributed by atoms with Gasteiger partial charge in [0.15, 0.2) is 11.5 Å². The van der Waals surface area contributed by atoms with Crippen LogP contribution in [0.2, 0.25) is 0 Å². The lowest BCUT2D eigenvalue weighted by atomic mass is 10.2. The lowest BCUT2D eigenvalue weighted by molar-refractivity contribution is -0.0182. The van der Waals surface area contributed by atoms with E-state index in [0.717, 1.165) is 56.8 Å². The van der Waals surface area contributed by atoms with E-state index in [9.17, 15) is 0 Å². The van der Waals surface area contributed by atoms with Gasteiger partial charge in [-0.25, -0.2) is 0 Å². The number of methoxy groups -OCH3 is 1. The summed E-state index contributed by atoms with van der Waals surface area (Å²) in [5.74, 6) is 2.40. The number of likely N-dealkylation sites (N-methyl/N-ethyl adjacent to an activating group) is 1. The summed E-state index contributed by atoms with van der Waals surface area (Å²) < 4.78 is 17.1. The second-order valence-corrected chi connectivity index (χ2v) is 6.63. The molecule has 0 spiro atoms. The molecular weight excluding hydrogens is 292 g/mol. The van der Waals surface area contributed by atoms with E-state index in [1.54, 1.807) is 7.11 Å². The Labute approximate surface area is 138 Å². The number of nitrogens with one attached hydrogen (secondary N) is 1. The fourth-order valence-corrected chi connectivity index (χ4v) is 2.80. The molecule has 1 aromatic carbocycles. The van der Waals surface area contributed by atoms with Crippen LogP contribution in [-0.4, -0.2) is 58.0 Å². The van der Waals surface area contributed by atoms with Gasteiger partial charge in [0.25, 0.3) is 0 Å². The molecule has 0 unspecified atom stereocenters. The van der Waals surface area contributed by atoms with Crippen molar-refractivity contribution < 1.29 is 14.2 Å². The largest absolute Gasteiger partial charge is 0.493 e. The molecule has 2 fully saturated rings. The average Bonchev–Trinajstić information content (AvgIpc) is 3.37. The van der Waals surface area contributed by atoms with Crippen molar-refractivity contribution >= 4 is 0 Å². The van der Waals surface area contributed by atoms with E-state index in [-0.39, 0.29) is 6.10 Å². The van der Waals surface area contributed by atoms with E-state index in [1.165, 1.54) is 18.4 Å². The van der Waals surface area contributed by atoms with Crippen LogP contribution in [0.25, 0.3) is 0 Å². The first-order valence-electron chi connectivity index (χ1n) is 8.55. The normalized spacial score (nSPS) is 22.1. The molecule has 1 heterocycles. The second-order valence-electron chi connectivity index (χ2n) is 6.63. The summed E-state index contributed by atoms with van der Waals surface area (Å²) in [5.41, 5.74) is 1.21. The fraction of sp³-hybridized carbons (Fsp3) is 0.667. The predicted octanol–water partition coefficient (Wildman–Crippen LogP) is 1.90. The fourth-order valence-electron chi connectivity index (χ4n) is 2.80. The number of rotatable bonds is 8. The predicted molar refractivity (Wildman–Crippen MR) is 90.2 cm³/mol. The van der Waals surface area contributed by atoms with Gasteiger partial charge in [-0.1, -0.05) is 6.07 Å². The lowest BCUT2D eigenvalue weighted by Gasteiger charge is -2.30. The summed E-state index contributed by atoms with van der Waals surface area (Å²) >= 11 is 0. The van der Waals surface area contributed by atoms with Gasteiger partial charge in [-0.2, -0.15) is 0 Å². The van der Waals surface area contributed by atoms with Gasteiger partial charge in [0.1, 0.15) is 0 Å². The summed E-state index contributed by atoms with van der Waals surface area (Å²) in [6.45, 7) is 5.32. The molecule has 5 nitrogen and oxygen atoms in total. The Morgan fingerprint density at radius 2 is 2.17 bits per heavy atom. The summed E-state index contributed by atoms with van der Waals surface area (Å²) in [4.78, 5) is 2.31. The maximum atomic E-state index is 5.92. The van der Waals surface area contributed by atoms with Gasteiger partial charge in [-0.05, 0) is 43.5 Å². The monoisotopic (exact) mass is 320 g/mol. The minimum Gasteiger partial charge on any atom is -0.493 e. The lowest BCUT2D eigenvalue weighted by Crippen LogP contribution is -2.44. The average molecular weight is 320 g/mol. The Morgan fingerprint density at radius 1 is 1.30 bits per heavy atom.